The minimum absolute atomic E-state index is 0.156. The lowest BCUT2D eigenvalue weighted by molar-refractivity contribution is 0.415. The van der Waals surface area contributed by atoms with Crippen LogP contribution in [0.4, 0.5) is 0 Å². The van der Waals surface area contributed by atoms with Crippen molar-refractivity contribution in [3.05, 3.63) is 58.7 Å². The Hall–Kier alpha value is -2.02. The van der Waals surface area contributed by atoms with Crippen molar-refractivity contribution in [1.82, 2.24) is 9.71 Å². The third-order valence-corrected chi connectivity index (χ3v) is 6.58. The van der Waals surface area contributed by atoms with Crippen LogP contribution in [-0.4, -0.2) is 26.6 Å². The topological polar surface area (TPSA) is 71.2 Å². The van der Waals surface area contributed by atoms with Crippen LogP contribution in [-0.2, 0) is 22.9 Å². The Morgan fingerprint density at radius 2 is 2.08 bits per heavy atom. The van der Waals surface area contributed by atoms with Crippen LogP contribution >= 0.6 is 11.6 Å². The molecule has 1 aromatic heterocycles. The van der Waals surface area contributed by atoms with Gasteiger partial charge in [-0.1, -0.05) is 17.7 Å². The van der Waals surface area contributed by atoms with E-state index in [9.17, 15) is 8.42 Å². The zero-order chi connectivity index (χ0) is 18.3. The lowest BCUT2D eigenvalue weighted by atomic mass is 9.92. The first kappa shape index (κ1) is 17.4. The van der Waals surface area contributed by atoms with Crippen LogP contribution in [0.5, 0.6) is 5.75 Å². The fourth-order valence-electron chi connectivity index (χ4n) is 3.55. The molecule has 0 saturated heterocycles. The Bertz CT molecular complexity index is 1080. The molecule has 1 aliphatic carbocycles. The number of benzene rings is 2. The third kappa shape index (κ3) is 3.20. The highest BCUT2D eigenvalue weighted by molar-refractivity contribution is 7.89. The van der Waals surface area contributed by atoms with E-state index in [-0.39, 0.29) is 10.9 Å². The minimum atomic E-state index is -3.60. The Kier molecular flexibility index (Phi) is 4.42. The second kappa shape index (κ2) is 6.61. The van der Waals surface area contributed by atoms with Gasteiger partial charge in [-0.05, 0) is 61.2 Å². The van der Waals surface area contributed by atoms with Crippen molar-refractivity contribution in [1.29, 1.82) is 0 Å². The van der Waals surface area contributed by atoms with E-state index in [1.807, 2.05) is 18.2 Å². The van der Waals surface area contributed by atoms with Crippen LogP contribution in [0.15, 0.2) is 47.4 Å². The van der Waals surface area contributed by atoms with Crippen LogP contribution < -0.4 is 9.46 Å². The van der Waals surface area contributed by atoms with E-state index >= 15 is 0 Å². The van der Waals surface area contributed by atoms with Gasteiger partial charge in [-0.15, -0.1) is 0 Å². The summed E-state index contributed by atoms with van der Waals surface area (Å²) in [5.41, 5.74) is 3.38. The summed E-state index contributed by atoms with van der Waals surface area (Å²) in [6.45, 7) is 0. The van der Waals surface area contributed by atoms with Gasteiger partial charge in [-0.2, -0.15) is 0 Å². The molecule has 7 heteroatoms. The Labute approximate surface area is 157 Å². The summed E-state index contributed by atoms with van der Waals surface area (Å²) in [5, 5.41) is 1.49. The largest absolute Gasteiger partial charge is 0.497 e. The number of methoxy groups -OCH3 is 1. The van der Waals surface area contributed by atoms with E-state index in [0.29, 0.717) is 11.4 Å². The molecule has 3 aromatic rings. The zero-order valence-corrected chi connectivity index (χ0v) is 15.8. The lowest BCUT2D eigenvalue weighted by Gasteiger charge is -2.23. The number of aromatic nitrogens is 1. The number of aryl methyl sites for hydroxylation is 1. The number of rotatable bonds is 4. The third-order valence-electron chi connectivity index (χ3n) is 4.82. The monoisotopic (exact) mass is 390 g/mol. The number of fused-ring (bicyclic) bond motifs is 3. The number of H-pyrrole nitrogens is 1. The summed E-state index contributed by atoms with van der Waals surface area (Å²) < 4.78 is 33.5. The van der Waals surface area contributed by atoms with E-state index < -0.39 is 10.0 Å². The second-order valence-corrected chi connectivity index (χ2v) is 8.66. The highest BCUT2D eigenvalue weighted by atomic mass is 35.5. The number of aromatic amines is 1. The van der Waals surface area contributed by atoms with Gasteiger partial charge in [0.15, 0.2) is 0 Å². The first-order valence-electron chi connectivity index (χ1n) is 8.41. The molecule has 1 atom stereocenters. The predicted molar refractivity (Wildman–Crippen MR) is 102 cm³/mol. The molecule has 4 rings (SSSR count). The minimum Gasteiger partial charge on any atom is -0.497 e. The summed E-state index contributed by atoms with van der Waals surface area (Å²) in [6, 6.07) is 12.1. The molecule has 0 amide bonds. The second-order valence-electron chi connectivity index (χ2n) is 6.51. The fraction of sp³-hybridized carbons (Fsp3) is 0.263. The number of nitrogens with one attached hydrogen (secondary N) is 2. The van der Waals surface area contributed by atoms with Gasteiger partial charge in [0.2, 0.25) is 10.0 Å². The Morgan fingerprint density at radius 1 is 1.23 bits per heavy atom. The van der Waals surface area contributed by atoms with Gasteiger partial charge in [0, 0.05) is 27.7 Å². The van der Waals surface area contributed by atoms with Crippen molar-refractivity contribution < 1.29 is 13.2 Å². The maximum atomic E-state index is 12.7. The molecule has 2 N–H and O–H groups in total. The lowest BCUT2D eigenvalue weighted by Crippen LogP contribution is -2.38. The number of halogens is 1. The molecule has 0 spiro atoms. The number of hydrogen-bond donors (Lipinski definition) is 2. The standard InChI is InChI=1S/C19H19ClN2O3S/c1-25-14-6-8-19-17(11-14)16-10-13(5-7-18(16)21-19)22-26(23,24)15-4-2-3-12(20)9-15/h2-4,6,8-9,11,13,21-22H,5,7,10H2,1H3. The maximum absolute atomic E-state index is 12.7. The summed E-state index contributed by atoms with van der Waals surface area (Å²) >= 11 is 5.93. The predicted octanol–water partition coefficient (Wildman–Crippen LogP) is 3.67. The number of sulfonamides is 1. The van der Waals surface area contributed by atoms with Crippen LogP contribution in [0.3, 0.4) is 0 Å². The molecule has 0 radical (unpaired) electrons. The Balaban J connectivity index is 1.62. The van der Waals surface area contributed by atoms with Crippen LogP contribution in [0, 0.1) is 0 Å². The quantitative estimate of drug-likeness (QED) is 0.714. The van der Waals surface area contributed by atoms with Crippen molar-refractivity contribution in [2.45, 2.75) is 30.2 Å². The molecule has 1 heterocycles. The average Bonchev–Trinajstić information content (AvgIpc) is 2.98. The summed E-state index contributed by atoms with van der Waals surface area (Å²) in [4.78, 5) is 3.63. The van der Waals surface area contributed by atoms with E-state index in [0.717, 1.165) is 35.1 Å². The fourth-order valence-corrected chi connectivity index (χ4v) is 5.12. The highest BCUT2D eigenvalue weighted by Crippen LogP contribution is 2.32. The normalized spacial score (nSPS) is 17.2. The van der Waals surface area contributed by atoms with Gasteiger partial charge in [0.05, 0.1) is 12.0 Å². The van der Waals surface area contributed by atoms with Crippen molar-refractivity contribution in [3.63, 3.8) is 0 Å². The molecule has 26 heavy (non-hydrogen) atoms. The molecule has 0 bridgehead atoms. The molecule has 1 aliphatic rings. The van der Waals surface area contributed by atoms with Gasteiger partial charge >= 0.3 is 0 Å². The van der Waals surface area contributed by atoms with Crippen molar-refractivity contribution >= 4 is 32.5 Å². The summed E-state index contributed by atoms with van der Waals surface area (Å²) in [6.07, 6.45) is 2.19. The van der Waals surface area contributed by atoms with Crippen LogP contribution in [0.25, 0.3) is 10.9 Å². The van der Waals surface area contributed by atoms with Gasteiger partial charge in [-0.25, -0.2) is 13.1 Å². The molecule has 5 nitrogen and oxygen atoms in total. The van der Waals surface area contributed by atoms with Crippen molar-refractivity contribution in [2.24, 2.45) is 0 Å². The molecule has 2 aromatic carbocycles. The molecule has 0 saturated carbocycles. The smallest absolute Gasteiger partial charge is 0.240 e. The molecular weight excluding hydrogens is 372 g/mol. The number of hydrogen-bond acceptors (Lipinski definition) is 3. The average molecular weight is 391 g/mol. The zero-order valence-electron chi connectivity index (χ0n) is 14.3. The van der Waals surface area contributed by atoms with Gasteiger partial charge in [-0.3, -0.25) is 0 Å². The molecule has 1 unspecified atom stereocenters. The SMILES string of the molecule is COc1ccc2[nH]c3c(c2c1)CC(NS(=O)(=O)c1cccc(Cl)c1)CC3. The van der Waals surface area contributed by atoms with E-state index in [1.54, 1.807) is 25.3 Å². The Morgan fingerprint density at radius 3 is 2.85 bits per heavy atom. The first-order valence-corrected chi connectivity index (χ1v) is 10.3. The first-order chi connectivity index (χ1) is 12.5. The van der Waals surface area contributed by atoms with Gasteiger partial charge in [0.1, 0.15) is 5.75 Å². The van der Waals surface area contributed by atoms with E-state index in [2.05, 4.69) is 9.71 Å². The summed E-state index contributed by atoms with van der Waals surface area (Å²) in [5.74, 6) is 0.793. The summed E-state index contributed by atoms with van der Waals surface area (Å²) in [7, 11) is -1.96. The van der Waals surface area contributed by atoms with E-state index in [1.165, 1.54) is 11.8 Å². The highest BCUT2D eigenvalue weighted by Gasteiger charge is 2.27. The maximum Gasteiger partial charge on any atom is 0.240 e. The molecule has 0 aliphatic heterocycles. The van der Waals surface area contributed by atoms with Gasteiger partial charge < -0.3 is 9.72 Å². The van der Waals surface area contributed by atoms with Crippen LogP contribution in [0.2, 0.25) is 5.02 Å². The van der Waals surface area contributed by atoms with Crippen molar-refractivity contribution in [3.8, 4) is 5.75 Å². The van der Waals surface area contributed by atoms with Crippen LogP contribution in [0.1, 0.15) is 17.7 Å². The van der Waals surface area contributed by atoms with Crippen molar-refractivity contribution in [2.75, 3.05) is 7.11 Å². The number of ether oxygens (including phenoxy) is 1. The van der Waals surface area contributed by atoms with Gasteiger partial charge in [0.25, 0.3) is 0 Å². The molecular formula is C19H19ClN2O3S. The molecule has 0 fully saturated rings. The molecule has 136 valence electrons. The van der Waals surface area contributed by atoms with E-state index in [4.69, 9.17) is 16.3 Å².